The van der Waals surface area contributed by atoms with E-state index in [-0.39, 0.29) is 0 Å². The van der Waals surface area contributed by atoms with Crippen LogP contribution in [-0.4, -0.2) is 9.52 Å². The zero-order chi connectivity index (χ0) is 16.1. The van der Waals surface area contributed by atoms with Gasteiger partial charge in [0.05, 0.1) is 0 Å². The highest BCUT2D eigenvalue weighted by molar-refractivity contribution is 6.35. The first-order valence-corrected chi connectivity index (χ1v) is 12.4. The second kappa shape index (κ2) is 21.2. The maximum absolute atomic E-state index is 2.32. The minimum absolute atomic E-state index is 0.795. The highest BCUT2D eigenvalue weighted by Gasteiger charge is 1.95. The van der Waals surface area contributed by atoms with Crippen LogP contribution < -0.4 is 0 Å². The predicted molar refractivity (Wildman–Crippen MR) is 107 cm³/mol. The van der Waals surface area contributed by atoms with E-state index >= 15 is 0 Å². The molecule has 0 aliphatic rings. The molecule has 0 unspecified atom stereocenters. The number of hydrogen-bond donors (Lipinski definition) is 0. The number of unbranched alkanes of at least 4 members (excludes halogenated alkanes) is 15. The molecule has 0 bridgehead atoms. The van der Waals surface area contributed by atoms with Crippen molar-refractivity contribution in [3.8, 4) is 0 Å². The van der Waals surface area contributed by atoms with Gasteiger partial charge in [-0.1, -0.05) is 135 Å². The number of hydrogen-bond acceptors (Lipinski definition) is 0. The van der Waals surface area contributed by atoms with Gasteiger partial charge in [0, 0.05) is 9.52 Å². The van der Waals surface area contributed by atoms with Gasteiger partial charge in [0.25, 0.3) is 0 Å². The van der Waals surface area contributed by atoms with Crippen LogP contribution in [0.3, 0.4) is 0 Å². The maximum Gasteiger partial charge on any atom is 0.0280 e. The van der Waals surface area contributed by atoms with Gasteiger partial charge in [0.2, 0.25) is 0 Å². The fraction of sp³-hybridized carbons (Fsp3) is 1.00. The lowest BCUT2D eigenvalue weighted by Crippen LogP contribution is -1.88. The zero-order valence-corrected chi connectivity index (χ0v) is 17.2. The van der Waals surface area contributed by atoms with Crippen LogP contribution in [0.5, 0.6) is 0 Å². The summed E-state index contributed by atoms with van der Waals surface area (Å²) in [7, 11) is 0.795. The van der Waals surface area contributed by atoms with Gasteiger partial charge >= 0.3 is 0 Å². The quantitative estimate of drug-likeness (QED) is 0.167. The smallest absolute Gasteiger partial charge is 0.0280 e. The molecule has 0 aromatic carbocycles. The summed E-state index contributed by atoms with van der Waals surface area (Å²) >= 11 is 0. The molecule has 0 aliphatic carbocycles. The van der Waals surface area contributed by atoms with E-state index in [2.05, 4.69) is 13.8 Å². The van der Waals surface area contributed by atoms with E-state index in [1.54, 1.807) is 6.04 Å². The van der Waals surface area contributed by atoms with Crippen LogP contribution in [0.4, 0.5) is 0 Å². The largest absolute Gasteiger partial charge is 0.0657 e. The molecule has 1 heteroatoms. The third-order valence-corrected chi connectivity index (χ3v) is 6.56. The summed E-state index contributed by atoms with van der Waals surface area (Å²) in [6, 6.07) is 3.09. The minimum Gasteiger partial charge on any atom is -0.0657 e. The van der Waals surface area contributed by atoms with E-state index in [1.165, 1.54) is 115 Å². The second-order valence-corrected chi connectivity index (χ2v) is 8.90. The Morgan fingerprint density at radius 2 is 0.727 bits per heavy atom. The zero-order valence-electron chi connectivity index (χ0n) is 16.0. The molecule has 0 saturated heterocycles. The molecule has 1 radical (unpaired) electrons. The molecule has 0 amide bonds. The summed E-state index contributed by atoms with van der Waals surface area (Å²) in [6.45, 7) is 4.62. The normalized spacial score (nSPS) is 11.2. The van der Waals surface area contributed by atoms with Crippen LogP contribution in [0.25, 0.3) is 0 Å². The molecule has 0 rings (SSSR count). The molecule has 0 saturated carbocycles. The third-order valence-electron chi connectivity index (χ3n) is 4.75. The second-order valence-electron chi connectivity index (χ2n) is 7.17. The summed E-state index contributed by atoms with van der Waals surface area (Å²) in [5.74, 6) is 0. The van der Waals surface area contributed by atoms with Crippen molar-refractivity contribution >= 4 is 9.52 Å². The van der Waals surface area contributed by atoms with E-state index in [4.69, 9.17) is 0 Å². The average molecular weight is 326 g/mol. The maximum atomic E-state index is 2.32. The lowest BCUT2D eigenvalue weighted by Gasteiger charge is -2.03. The Hall–Kier alpha value is 0.217. The van der Waals surface area contributed by atoms with Crippen LogP contribution in [0.2, 0.25) is 12.1 Å². The van der Waals surface area contributed by atoms with Crippen LogP contribution in [0, 0.1) is 0 Å². The van der Waals surface area contributed by atoms with E-state index in [9.17, 15) is 0 Å². The number of rotatable bonds is 19. The van der Waals surface area contributed by atoms with Crippen molar-refractivity contribution < 1.29 is 0 Å². The molecule has 0 spiro atoms. The van der Waals surface area contributed by atoms with E-state index in [0.29, 0.717) is 0 Å². The minimum atomic E-state index is 0.795. The molecule has 22 heavy (non-hydrogen) atoms. The molecule has 0 nitrogen and oxygen atoms in total. The van der Waals surface area contributed by atoms with Gasteiger partial charge in [-0.15, -0.1) is 0 Å². The molecule has 0 heterocycles. The van der Waals surface area contributed by atoms with E-state index in [0.717, 1.165) is 9.52 Å². The Bertz CT molecular complexity index is 159. The fourth-order valence-electron chi connectivity index (χ4n) is 3.19. The Morgan fingerprint density at radius 3 is 1.09 bits per heavy atom. The van der Waals surface area contributed by atoms with Gasteiger partial charge in [-0.25, -0.2) is 0 Å². The van der Waals surface area contributed by atoms with Crippen molar-refractivity contribution in [1.29, 1.82) is 0 Å². The SMILES string of the molecule is CCCCCCCCCCCCCCCCCC[SiH]CCC. The van der Waals surface area contributed by atoms with Crippen molar-refractivity contribution in [2.24, 2.45) is 0 Å². The summed E-state index contributed by atoms with van der Waals surface area (Å²) in [4.78, 5) is 0. The van der Waals surface area contributed by atoms with Crippen molar-refractivity contribution in [2.75, 3.05) is 0 Å². The first kappa shape index (κ1) is 22.2. The Labute approximate surface area is 145 Å². The lowest BCUT2D eigenvalue weighted by molar-refractivity contribution is 0.531. The van der Waals surface area contributed by atoms with Crippen LogP contribution in [-0.2, 0) is 0 Å². The van der Waals surface area contributed by atoms with Gasteiger partial charge in [0.1, 0.15) is 0 Å². The van der Waals surface area contributed by atoms with E-state index < -0.39 is 0 Å². The van der Waals surface area contributed by atoms with Crippen LogP contribution in [0.15, 0.2) is 0 Å². The highest BCUT2D eigenvalue weighted by atomic mass is 28.2. The van der Waals surface area contributed by atoms with Crippen molar-refractivity contribution in [2.45, 2.75) is 135 Å². The van der Waals surface area contributed by atoms with Gasteiger partial charge in [-0.3, -0.25) is 0 Å². The van der Waals surface area contributed by atoms with Crippen molar-refractivity contribution in [1.82, 2.24) is 0 Å². The Balaban J connectivity index is 2.91. The van der Waals surface area contributed by atoms with Gasteiger partial charge in [0.15, 0.2) is 0 Å². The Morgan fingerprint density at radius 1 is 0.364 bits per heavy atom. The Kier molecular flexibility index (Phi) is 21.4. The van der Waals surface area contributed by atoms with Gasteiger partial charge in [-0.2, -0.15) is 0 Å². The lowest BCUT2D eigenvalue weighted by atomic mass is 10.0. The van der Waals surface area contributed by atoms with Gasteiger partial charge in [-0.05, 0) is 0 Å². The first-order valence-electron chi connectivity index (χ1n) is 10.7. The van der Waals surface area contributed by atoms with Crippen molar-refractivity contribution in [3.63, 3.8) is 0 Å². The predicted octanol–water partition coefficient (Wildman–Crippen LogP) is 7.93. The summed E-state index contributed by atoms with van der Waals surface area (Å²) < 4.78 is 0. The molecule has 0 atom stereocenters. The van der Waals surface area contributed by atoms with Crippen LogP contribution >= 0.6 is 0 Å². The molecular weight excluding hydrogens is 280 g/mol. The first-order chi connectivity index (χ1) is 10.9. The highest BCUT2D eigenvalue weighted by Crippen LogP contribution is 2.14. The van der Waals surface area contributed by atoms with Gasteiger partial charge < -0.3 is 0 Å². The van der Waals surface area contributed by atoms with Crippen molar-refractivity contribution in [3.05, 3.63) is 0 Å². The third kappa shape index (κ3) is 20.2. The summed E-state index contributed by atoms with van der Waals surface area (Å²) in [6.07, 6.45) is 25.2. The summed E-state index contributed by atoms with van der Waals surface area (Å²) in [5, 5.41) is 0. The molecular formula is C21H45Si. The van der Waals surface area contributed by atoms with Crippen LogP contribution in [0.1, 0.15) is 123 Å². The average Bonchev–Trinajstić information content (AvgIpc) is 2.54. The monoisotopic (exact) mass is 325 g/mol. The summed E-state index contributed by atoms with van der Waals surface area (Å²) in [5.41, 5.74) is 0. The molecule has 0 aromatic rings. The van der Waals surface area contributed by atoms with E-state index in [1.807, 2.05) is 0 Å². The molecule has 0 N–H and O–H groups in total. The standard InChI is InChI=1S/C21H45Si/c1-3-5-6-7-8-9-10-11-12-13-14-15-16-17-18-19-21-22-20-4-2/h22H,3-21H2,1-2H3. The molecule has 0 fully saturated rings. The topological polar surface area (TPSA) is 0 Å². The molecule has 0 aliphatic heterocycles. The molecule has 0 aromatic heterocycles. The fourth-order valence-corrected chi connectivity index (χ4v) is 4.46. The molecule has 133 valence electrons.